The van der Waals surface area contributed by atoms with Crippen molar-refractivity contribution in [2.45, 2.75) is 13.0 Å². The highest BCUT2D eigenvalue weighted by Gasteiger charge is 2.25. The predicted octanol–water partition coefficient (Wildman–Crippen LogP) is 3.67. The number of hydrogen-bond donors (Lipinski definition) is 0. The number of thiazole rings is 1. The van der Waals surface area contributed by atoms with E-state index in [1.165, 1.54) is 11.3 Å². The molecule has 1 amide bonds. The van der Waals surface area contributed by atoms with Crippen LogP contribution in [0.2, 0.25) is 0 Å². The molecule has 4 rings (SSSR count). The number of fused-ring (bicyclic) bond motifs is 1. The molecule has 0 atom stereocenters. The highest BCUT2D eigenvalue weighted by Crippen LogP contribution is 2.31. The molecule has 1 aromatic heterocycles. The molecule has 0 aliphatic carbocycles. The van der Waals surface area contributed by atoms with Gasteiger partial charge in [-0.1, -0.05) is 42.5 Å². The number of rotatable bonds is 6. The molecule has 28 heavy (non-hydrogen) atoms. The molecular formula is C21H18N2O4S. The second-order valence-corrected chi connectivity index (χ2v) is 7.08. The fourth-order valence-electron chi connectivity index (χ4n) is 2.92. The van der Waals surface area contributed by atoms with E-state index in [-0.39, 0.29) is 38.1 Å². The van der Waals surface area contributed by atoms with Crippen LogP contribution in [0.5, 0.6) is 5.75 Å². The highest BCUT2D eigenvalue weighted by molar-refractivity contribution is 7.13. The SMILES string of the molecule is O=C(CCN1C(=O)COc2ccccc21)OCc1csc(-c2ccccc2)n1. The first-order valence-corrected chi connectivity index (χ1v) is 9.76. The molecule has 142 valence electrons. The Bertz CT molecular complexity index is 987. The number of carbonyl (C=O) groups is 2. The molecule has 6 nitrogen and oxygen atoms in total. The number of esters is 1. The lowest BCUT2D eigenvalue weighted by molar-refractivity contribution is -0.144. The van der Waals surface area contributed by atoms with Crippen LogP contribution in [-0.2, 0) is 20.9 Å². The second kappa shape index (κ2) is 8.22. The molecule has 0 radical (unpaired) electrons. The van der Waals surface area contributed by atoms with E-state index in [4.69, 9.17) is 9.47 Å². The minimum absolute atomic E-state index is 0.0207. The van der Waals surface area contributed by atoms with Gasteiger partial charge in [0.1, 0.15) is 17.4 Å². The first-order valence-electron chi connectivity index (χ1n) is 8.88. The van der Waals surface area contributed by atoms with Crippen LogP contribution in [0.3, 0.4) is 0 Å². The summed E-state index contributed by atoms with van der Waals surface area (Å²) in [5, 5.41) is 2.78. The minimum Gasteiger partial charge on any atom is -0.482 e. The van der Waals surface area contributed by atoms with Crippen molar-refractivity contribution in [1.29, 1.82) is 0 Å². The van der Waals surface area contributed by atoms with Crippen molar-refractivity contribution < 1.29 is 19.1 Å². The van der Waals surface area contributed by atoms with Crippen LogP contribution in [0.4, 0.5) is 5.69 Å². The fourth-order valence-corrected chi connectivity index (χ4v) is 3.73. The number of para-hydroxylation sites is 2. The Morgan fingerprint density at radius 3 is 2.79 bits per heavy atom. The van der Waals surface area contributed by atoms with Gasteiger partial charge in [-0.25, -0.2) is 4.98 Å². The monoisotopic (exact) mass is 394 g/mol. The second-order valence-electron chi connectivity index (χ2n) is 6.22. The fraction of sp³-hybridized carbons (Fsp3) is 0.190. The lowest BCUT2D eigenvalue weighted by Crippen LogP contribution is -2.40. The third kappa shape index (κ3) is 4.04. The molecule has 7 heteroatoms. The lowest BCUT2D eigenvalue weighted by Gasteiger charge is -2.28. The zero-order valence-electron chi connectivity index (χ0n) is 15.0. The number of aromatic nitrogens is 1. The van der Waals surface area contributed by atoms with Gasteiger partial charge in [-0.15, -0.1) is 11.3 Å². The van der Waals surface area contributed by atoms with E-state index in [1.807, 2.05) is 47.8 Å². The van der Waals surface area contributed by atoms with Gasteiger partial charge in [-0.05, 0) is 12.1 Å². The summed E-state index contributed by atoms with van der Waals surface area (Å²) in [5.41, 5.74) is 2.43. The standard InChI is InChI=1S/C21H18N2O4S/c24-19-13-26-18-9-5-4-8-17(18)23(19)11-10-20(25)27-12-16-14-28-21(22-16)15-6-2-1-3-7-15/h1-9,14H,10-13H2. The van der Waals surface area contributed by atoms with E-state index in [0.29, 0.717) is 17.1 Å². The number of amides is 1. The molecule has 3 aromatic rings. The Kier molecular flexibility index (Phi) is 5.34. The zero-order valence-corrected chi connectivity index (χ0v) is 15.9. The first kappa shape index (κ1) is 18.2. The summed E-state index contributed by atoms with van der Waals surface area (Å²) < 4.78 is 10.7. The molecule has 0 N–H and O–H groups in total. The summed E-state index contributed by atoms with van der Waals surface area (Å²) in [5.74, 6) is 0.107. The molecule has 0 fully saturated rings. The topological polar surface area (TPSA) is 68.7 Å². The minimum atomic E-state index is -0.369. The van der Waals surface area contributed by atoms with Crippen LogP contribution in [0.15, 0.2) is 60.0 Å². The average Bonchev–Trinajstić information content (AvgIpc) is 3.21. The Hall–Kier alpha value is -3.19. The summed E-state index contributed by atoms with van der Waals surface area (Å²) in [4.78, 5) is 30.3. The Morgan fingerprint density at radius 2 is 1.93 bits per heavy atom. The number of hydrogen-bond acceptors (Lipinski definition) is 6. The van der Waals surface area contributed by atoms with Gasteiger partial charge in [0.15, 0.2) is 6.61 Å². The summed E-state index contributed by atoms with van der Waals surface area (Å²) in [6, 6.07) is 17.1. The molecule has 1 aliphatic heterocycles. The largest absolute Gasteiger partial charge is 0.482 e. The Labute approximate surface area is 166 Å². The third-order valence-electron chi connectivity index (χ3n) is 4.30. The number of anilines is 1. The van der Waals surface area contributed by atoms with Crippen LogP contribution >= 0.6 is 11.3 Å². The Morgan fingerprint density at radius 1 is 1.14 bits per heavy atom. The van der Waals surface area contributed by atoms with Crippen molar-refractivity contribution in [2.24, 2.45) is 0 Å². The van der Waals surface area contributed by atoms with E-state index in [0.717, 1.165) is 10.6 Å². The number of carbonyl (C=O) groups excluding carboxylic acids is 2. The third-order valence-corrected chi connectivity index (χ3v) is 5.24. The molecule has 0 saturated carbocycles. The normalized spacial score (nSPS) is 13.0. The average molecular weight is 394 g/mol. The van der Waals surface area contributed by atoms with Crippen molar-refractivity contribution in [1.82, 2.24) is 4.98 Å². The molecule has 0 bridgehead atoms. The van der Waals surface area contributed by atoms with Crippen molar-refractivity contribution in [3.05, 3.63) is 65.7 Å². The van der Waals surface area contributed by atoms with Gasteiger partial charge in [0, 0.05) is 17.5 Å². The van der Waals surface area contributed by atoms with Crippen LogP contribution in [0.1, 0.15) is 12.1 Å². The van der Waals surface area contributed by atoms with Gasteiger partial charge in [0.2, 0.25) is 0 Å². The summed E-state index contributed by atoms with van der Waals surface area (Å²) in [6.07, 6.45) is 0.107. The summed E-state index contributed by atoms with van der Waals surface area (Å²) in [7, 11) is 0. The van der Waals surface area contributed by atoms with Gasteiger partial charge in [0.25, 0.3) is 5.91 Å². The maximum absolute atomic E-state index is 12.1. The van der Waals surface area contributed by atoms with Gasteiger partial charge in [0.05, 0.1) is 17.8 Å². The predicted molar refractivity (Wildman–Crippen MR) is 106 cm³/mol. The number of benzene rings is 2. The first-order chi connectivity index (χ1) is 13.7. The van der Waals surface area contributed by atoms with Crippen molar-refractivity contribution >= 4 is 28.9 Å². The molecule has 0 saturated heterocycles. The van der Waals surface area contributed by atoms with Crippen molar-refractivity contribution in [3.63, 3.8) is 0 Å². The van der Waals surface area contributed by atoms with E-state index < -0.39 is 0 Å². The highest BCUT2D eigenvalue weighted by atomic mass is 32.1. The smallest absolute Gasteiger partial charge is 0.307 e. The molecule has 2 aromatic carbocycles. The molecule has 1 aliphatic rings. The maximum Gasteiger partial charge on any atom is 0.307 e. The van der Waals surface area contributed by atoms with Crippen LogP contribution in [0, 0.1) is 0 Å². The van der Waals surface area contributed by atoms with E-state index in [1.54, 1.807) is 17.0 Å². The molecule has 0 spiro atoms. The van der Waals surface area contributed by atoms with Crippen LogP contribution in [0.25, 0.3) is 10.6 Å². The van der Waals surface area contributed by atoms with E-state index >= 15 is 0 Å². The van der Waals surface area contributed by atoms with Crippen molar-refractivity contribution in [2.75, 3.05) is 18.1 Å². The van der Waals surface area contributed by atoms with Gasteiger partial charge >= 0.3 is 5.97 Å². The maximum atomic E-state index is 12.1. The van der Waals surface area contributed by atoms with E-state index in [2.05, 4.69) is 4.98 Å². The lowest BCUT2D eigenvalue weighted by atomic mass is 10.2. The van der Waals surface area contributed by atoms with Gasteiger partial charge < -0.3 is 14.4 Å². The van der Waals surface area contributed by atoms with Crippen LogP contribution in [-0.4, -0.2) is 30.0 Å². The summed E-state index contributed by atoms with van der Waals surface area (Å²) >= 11 is 1.51. The van der Waals surface area contributed by atoms with Crippen LogP contribution < -0.4 is 9.64 Å². The number of ether oxygens (including phenoxy) is 2. The summed E-state index contributed by atoms with van der Waals surface area (Å²) in [6.45, 7) is 0.354. The van der Waals surface area contributed by atoms with Crippen molar-refractivity contribution in [3.8, 4) is 16.3 Å². The molecule has 0 unspecified atom stereocenters. The van der Waals surface area contributed by atoms with Gasteiger partial charge in [-0.2, -0.15) is 0 Å². The quantitative estimate of drug-likeness (QED) is 0.597. The molecule has 2 heterocycles. The number of nitrogens with zero attached hydrogens (tertiary/aromatic N) is 2. The Balaban J connectivity index is 1.31. The van der Waals surface area contributed by atoms with Gasteiger partial charge in [-0.3, -0.25) is 9.59 Å². The van der Waals surface area contributed by atoms with E-state index in [9.17, 15) is 9.59 Å². The zero-order chi connectivity index (χ0) is 19.3. The molecular weight excluding hydrogens is 376 g/mol.